The lowest BCUT2D eigenvalue weighted by Gasteiger charge is -2.13. The van der Waals surface area contributed by atoms with Crippen molar-refractivity contribution < 1.29 is 9.53 Å². The molecule has 8 heteroatoms. The number of thioether (sulfide) groups is 1. The average molecular weight is 415 g/mol. The van der Waals surface area contributed by atoms with Crippen molar-refractivity contribution in [2.75, 3.05) is 12.9 Å². The van der Waals surface area contributed by atoms with Crippen LogP contribution < -0.4 is 15.6 Å². The van der Waals surface area contributed by atoms with E-state index in [0.29, 0.717) is 22.7 Å². The Morgan fingerprint density at radius 1 is 1.34 bits per heavy atom. The van der Waals surface area contributed by atoms with Crippen LogP contribution in [0.5, 0.6) is 5.75 Å². The van der Waals surface area contributed by atoms with Crippen LogP contribution >= 0.6 is 11.8 Å². The van der Waals surface area contributed by atoms with Gasteiger partial charge in [-0.1, -0.05) is 24.6 Å². The van der Waals surface area contributed by atoms with Crippen molar-refractivity contribution in [1.29, 1.82) is 0 Å². The number of nitrogens with one attached hydrogen (secondary N) is 1. The second-order valence-corrected chi connectivity index (χ2v) is 8.36. The number of hydrogen-bond acceptors (Lipinski definition) is 5. The Bertz CT molecular complexity index is 1130. The van der Waals surface area contributed by atoms with Gasteiger partial charge in [-0.25, -0.2) is 4.98 Å². The summed E-state index contributed by atoms with van der Waals surface area (Å²) in [7, 11) is 3.50. The lowest BCUT2D eigenvalue weighted by molar-refractivity contribution is -0.119. The summed E-state index contributed by atoms with van der Waals surface area (Å²) in [6, 6.07) is 6.01. The maximum Gasteiger partial charge on any atom is 0.278 e. The highest BCUT2D eigenvalue weighted by atomic mass is 32.2. The Hall–Kier alpha value is -2.48. The van der Waals surface area contributed by atoms with Crippen LogP contribution in [-0.4, -0.2) is 38.9 Å². The smallest absolute Gasteiger partial charge is 0.278 e. The van der Waals surface area contributed by atoms with Gasteiger partial charge in [-0.05, 0) is 38.0 Å². The van der Waals surface area contributed by atoms with Crippen LogP contribution in [0.15, 0.2) is 28.2 Å². The molecular weight excluding hydrogens is 388 g/mol. The second-order valence-electron chi connectivity index (χ2n) is 7.42. The van der Waals surface area contributed by atoms with Crippen molar-refractivity contribution in [3.05, 3.63) is 28.6 Å². The zero-order valence-electron chi connectivity index (χ0n) is 17.0. The molecule has 0 aliphatic heterocycles. The zero-order valence-corrected chi connectivity index (χ0v) is 17.8. The number of benzene rings is 1. The van der Waals surface area contributed by atoms with Gasteiger partial charge in [0, 0.05) is 25.0 Å². The van der Waals surface area contributed by atoms with Crippen LogP contribution in [0, 0.1) is 0 Å². The topological polar surface area (TPSA) is 78.2 Å². The van der Waals surface area contributed by atoms with E-state index in [1.54, 1.807) is 11.7 Å². The van der Waals surface area contributed by atoms with E-state index in [2.05, 4.69) is 5.32 Å². The zero-order chi connectivity index (χ0) is 20.5. The van der Waals surface area contributed by atoms with Gasteiger partial charge in [0.1, 0.15) is 16.8 Å². The molecule has 154 valence electrons. The molecule has 0 saturated heterocycles. The van der Waals surface area contributed by atoms with Gasteiger partial charge in [-0.2, -0.15) is 0 Å². The van der Waals surface area contributed by atoms with Crippen LogP contribution in [0.1, 0.15) is 32.6 Å². The largest absolute Gasteiger partial charge is 0.497 e. The number of ether oxygens (including phenoxy) is 1. The molecule has 4 rings (SSSR count). The maximum absolute atomic E-state index is 13.2. The number of carbonyl (C=O) groups excluding carboxylic acids is 1. The molecular formula is C21H26N4O3S. The number of rotatable bonds is 6. The van der Waals surface area contributed by atoms with Gasteiger partial charge >= 0.3 is 0 Å². The van der Waals surface area contributed by atoms with Gasteiger partial charge in [-0.3, -0.25) is 14.2 Å². The standard InChI is InChI=1S/C21H26N4O3S/c1-4-25-20(27)19-18(15-11-14(28-3)9-10-16(15)24(19)2)23-21(25)29-12-17(26)22-13-7-5-6-8-13/h9-11,13H,4-8,12H2,1-3H3,(H,22,26). The highest BCUT2D eigenvalue weighted by Gasteiger charge is 2.20. The molecule has 1 aromatic carbocycles. The van der Waals surface area contributed by atoms with Gasteiger partial charge in [0.25, 0.3) is 5.56 Å². The van der Waals surface area contributed by atoms with Crippen LogP contribution in [0.25, 0.3) is 21.9 Å². The first-order chi connectivity index (χ1) is 14.0. The minimum absolute atomic E-state index is 0.00140. The molecule has 0 spiro atoms. The molecule has 0 unspecified atom stereocenters. The average Bonchev–Trinajstić information content (AvgIpc) is 3.32. The molecule has 1 aliphatic rings. The molecule has 2 heterocycles. The minimum atomic E-state index is -0.0890. The molecule has 1 fully saturated rings. The van der Waals surface area contributed by atoms with E-state index in [9.17, 15) is 9.59 Å². The lowest BCUT2D eigenvalue weighted by atomic mass is 10.2. The third-order valence-electron chi connectivity index (χ3n) is 5.63. The van der Waals surface area contributed by atoms with Gasteiger partial charge in [0.15, 0.2) is 5.16 Å². The molecule has 0 radical (unpaired) electrons. The minimum Gasteiger partial charge on any atom is -0.497 e. The fourth-order valence-electron chi connectivity index (χ4n) is 4.12. The molecule has 2 aromatic heterocycles. The molecule has 3 aromatic rings. The second kappa shape index (κ2) is 8.10. The SMILES string of the molecule is CCn1c(SCC(=O)NC2CCCC2)nc2c3cc(OC)ccc3n(C)c2c1=O. The van der Waals surface area contributed by atoms with E-state index >= 15 is 0 Å². The Morgan fingerprint density at radius 3 is 2.79 bits per heavy atom. The lowest BCUT2D eigenvalue weighted by Crippen LogP contribution is -2.34. The Kier molecular flexibility index (Phi) is 5.54. The summed E-state index contributed by atoms with van der Waals surface area (Å²) in [5, 5.41) is 4.54. The van der Waals surface area contributed by atoms with Crippen molar-refractivity contribution in [2.45, 2.75) is 50.4 Å². The van der Waals surface area contributed by atoms with E-state index in [1.165, 1.54) is 24.6 Å². The summed E-state index contributed by atoms with van der Waals surface area (Å²) in [6.07, 6.45) is 4.46. The predicted molar refractivity (Wildman–Crippen MR) is 116 cm³/mol. The Morgan fingerprint density at radius 2 is 2.10 bits per heavy atom. The molecule has 1 aliphatic carbocycles. The van der Waals surface area contributed by atoms with Crippen molar-refractivity contribution >= 4 is 39.6 Å². The van der Waals surface area contributed by atoms with Crippen molar-refractivity contribution in [3.8, 4) is 5.75 Å². The first kappa shape index (κ1) is 19.8. The van der Waals surface area contributed by atoms with Crippen molar-refractivity contribution in [2.24, 2.45) is 7.05 Å². The van der Waals surface area contributed by atoms with Gasteiger partial charge in [0.2, 0.25) is 5.91 Å². The summed E-state index contributed by atoms with van der Waals surface area (Å²) >= 11 is 1.32. The molecule has 1 N–H and O–H groups in total. The Labute approximate surface area is 173 Å². The number of nitrogens with zero attached hydrogens (tertiary/aromatic N) is 3. The first-order valence-electron chi connectivity index (χ1n) is 10.0. The summed E-state index contributed by atoms with van der Waals surface area (Å²) < 4.78 is 8.88. The van der Waals surface area contributed by atoms with Crippen molar-refractivity contribution in [3.63, 3.8) is 0 Å². The fourth-order valence-corrected chi connectivity index (χ4v) is 4.99. The third kappa shape index (κ3) is 3.61. The van der Waals surface area contributed by atoms with E-state index in [1.807, 2.05) is 36.7 Å². The fraction of sp³-hybridized carbons (Fsp3) is 0.476. The monoisotopic (exact) mass is 414 g/mol. The molecule has 29 heavy (non-hydrogen) atoms. The van der Waals surface area contributed by atoms with E-state index in [0.717, 1.165) is 29.5 Å². The molecule has 0 atom stereocenters. The van der Waals surface area contributed by atoms with Gasteiger partial charge in [-0.15, -0.1) is 0 Å². The highest BCUT2D eigenvalue weighted by molar-refractivity contribution is 7.99. The number of fused-ring (bicyclic) bond motifs is 3. The van der Waals surface area contributed by atoms with E-state index in [4.69, 9.17) is 9.72 Å². The summed E-state index contributed by atoms with van der Waals surface area (Å²) in [5.74, 6) is 0.970. The number of amides is 1. The van der Waals surface area contributed by atoms with E-state index < -0.39 is 0 Å². The maximum atomic E-state index is 13.2. The summed E-state index contributed by atoms with van der Waals surface area (Å²) in [4.78, 5) is 30.4. The van der Waals surface area contributed by atoms with Gasteiger partial charge in [0.05, 0.1) is 18.4 Å². The van der Waals surface area contributed by atoms with Crippen LogP contribution in [0.2, 0.25) is 0 Å². The summed E-state index contributed by atoms with van der Waals surface area (Å²) in [5.41, 5.74) is 2.05. The molecule has 7 nitrogen and oxygen atoms in total. The van der Waals surface area contributed by atoms with Gasteiger partial charge < -0.3 is 14.6 Å². The number of methoxy groups -OCH3 is 1. The van der Waals surface area contributed by atoms with Crippen LogP contribution in [0.3, 0.4) is 0 Å². The molecule has 0 bridgehead atoms. The summed E-state index contributed by atoms with van der Waals surface area (Å²) in [6.45, 7) is 2.42. The number of aryl methyl sites for hydroxylation is 1. The molecule has 1 saturated carbocycles. The number of carbonyl (C=O) groups is 1. The van der Waals surface area contributed by atoms with Crippen LogP contribution in [0.4, 0.5) is 0 Å². The molecule has 1 amide bonds. The normalized spacial score (nSPS) is 14.7. The Balaban J connectivity index is 1.72. The number of hydrogen-bond donors (Lipinski definition) is 1. The highest BCUT2D eigenvalue weighted by Crippen LogP contribution is 2.30. The van der Waals surface area contributed by atoms with Crippen molar-refractivity contribution in [1.82, 2.24) is 19.4 Å². The van der Waals surface area contributed by atoms with Crippen LogP contribution in [-0.2, 0) is 18.4 Å². The third-order valence-corrected chi connectivity index (χ3v) is 6.61. The number of aromatic nitrogens is 3. The first-order valence-corrected chi connectivity index (χ1v) is 11.0. The quantitative estimate of drug-likeness (QED) is 0.495. The van der Waals surface area contributed by atoms with E-state index in [-0.39, 0.29) is 23.3 Å². The predicted octanol–water partition coefficient (Wildman–Crippen LogP) is 3.07.